The number of nitrogens with one attached hydrogen (secondary N) is 1. The number of para-hydroxylation sites is 1. The number of amides is 1. The number of carbonyl (C=O) groups excluding carboxylic acids is 1. The fraction of sp³-hybridized carbons (Fsp3) is 0.500. The highest BCUT2D eigenvalue weighted by Crippen LogP contribution is 2.25. The summed E-state index contributed by atoms with van der Waals surface area (Å²) in [7, 11) is 1.67. The van der Waals surface area contributed by atoms with Crippen LogP contribution in [0.1, 0.15) is 55.9 Å². The molecular formula is C18H24N4O2. The van der Waals surface area contributed by atoms with Gasteiger partial charge in [-0.05, 0) is 18.9 Å². The summed E-state index contributed by atoms with van der Waals surface area (Å²) >= 11 is 0. The lowest BCUT2D eigenvalue weighted by Crippen LogP contribution is -2.22. The van der Waals surface area contributed by atoms with Crippen LogP contribution in [0.5, 0.6) is 5.75 Å². The molecule has 2 heterocycles. The average molecular weight is 328 g/mol. The summed E-state index contributed by atoms with van der Waals surface area (Å²) < 4.78 is 7.38. The molecule has 24 heavy (non-hydrogen) atoms. The van der Waals surface area contributed by atoms with Gasteiger partial charge >= 0.3 is 0 Å². The first-order valence-corrected chi connectivity index (χ1v) is 8.56. The van der Waals surface area contributed by atoms with Crippen LogP contribution in [0, 0.1) is 0 Å². The summed E-state index contributed by atoms with van der Waals surface area (Å²) in [5.74, 6) is 2.58. The highest BCUT2D eigenvalue weighted by atomic mass is 16.5. The zero-order valence-corrected chi connectivity index (χ0v) is 14.3. The Hall–Kier alpha value is -2.37. The second-order valence-electron chi connectivity index (χ2n) is 6.11. The molecule has 0 bridgehead atoms. The number of aryl methyl sites for hydroxylation is 1. The Balaban J connectivity index is 1.85. The maximum atomic E-state index is 11.5. The second kappa shape index (κ2) is 7.47. The maximum Gasteiger partial charge on any atom is 0.220 e. The van der Waals surface area contributed by atoms with Crippen molar-refractivity contribution in [2.45, 2.75) is 51.6 Å². The molecule has 1 amide bonds. The molecule has 3 rings (SSSR count). The van der Waals surface area contributed by atoms with Crippen molar-refractivity contribution in [3.8, 4) is 5.75 Å². The van der Waals surface area contributed by atoms with E-state index >= 15 is 0 Å². The molecule has 6 nitrogen and oxygen atoms in total. The predicted molar refractivity (Wildman–Crippen MR) is 90.8 cm³/mol. The average Bonchev–Trinajstić information content (AvgIpc) is 3.19. The van der Waals surface area contributed by atoms with Crippen LogP contribution in [0.15, 0.2) is 24.3 Å². The van der Waals surface area contributed by atoms with Crippen molar-refractivity contribution < 1.29 is 9.53 Å². The van der Waals surface area contributed by atoms with E-state index in [0.29, 0.717) is 12.8 Å². The van der Waals surface area contributed by atoms with Crippen molar-refractivity contribution >= 4 is 5.91 Å². The Kier molecular flexibility index (Phi) is 5.13. The molecule has 1 fully saturated rings. The quantitative estimate of drug-likeness (QED) is 0.848. The van der Waals surface area contributed by atoms with Gasteiger partial charge in [-0.3, -0.25) is 4.79 Å². The Morgan fingerprint density at radius 1 is 1.38 bits per heavy atom. The zero-order chi connectivity index (χ0) is 16.9. The molecule has 0 saturated carbocycles. The van der Waals surface area contributed by atoms with Crippen LogP contribution in [0.3, 0.4) is 0 Å². The van der Waals surface area contributed by atoms with E-state index in [2.05, 4.69) is 17.3 Å². The number of aromatic nitrogens is 3. The summed E-state index contributed by atoms with van der Waals surface area (Å²) in [5, 5.41) is 7.69. The number of nitrogens with zero attached hydrogens (tertiary/aromatic N) is 3. The van der Waals surface area contributed by atoms with E-state index in [-0.39, 0.29) is 11.9 Å². The van der Waals surface area contributed by atoms with Crippen molar-refractivity contribution in [3.63, 3.8) is 0 Å². The number of rotatable bonds is 7. The van der Waals surface area contributed by atoms with Gasteiger partial charge in [0.05, 0.1) is 13.2 Å². The molecule has 0 aliphatic carbocycles. The van der Waals surface area contributed by atoms with Crippen LogP contribution >= 0.6 is 0 Å². The van der Waals surface area contributed by atoms with Gasteiger partial charge in [0.2, 0.25) is 5.91 Å². The second-order valence-corrected chi connectivity index (χ2v) is 6.11. The lowest BCUT2D eigenvalue weighted by atomic mass is 10.1. The topological polar surface area (TPSA) is 69.0 Å². The van der Waals surface area contributed by atoms with Crippen molar-refractivity contribution in [2.75, 3.05) is 7.11 Å². The summed E-state index contributed by atoms with van der Waals surface area (Å²) in [5.41, 5.74) is 1.06. The van der Waals surface area contributed by atoms with E-state index in [0.717, 1.165) is 48.8 Å². The van der Waals surface area contributed by atoms with Gasteiger partial charge in [0.1, 0.15) is 11.6 Å². The van der Waals surface area contributed by atoms with Gasteiger partial charge in [0.25, 0.3) is 0 Å². The third kappa shape index (κ3) is 3.58. The number of ether oxygens (including phenoxy) is 1. The van der Waals surface area contributed by atoms with Crippen molar-refractivity contribution in [2.24, 2.45) is 0 Å². The Bertz CT molecular complexity index is 711. The van der Waals surface area contributed by atoms with Gasteiger partial charge < -0.3 is 10.1 Å². The molecule has 1 aliphatic heterocycles. The number of carbonyl (C=O) groups is 1. The van der Waals surface area contributed by atoms with Gasteiger partial charge in [0, 0.05) is 24.9 Å². The highest BCUT2D eigenvalue weighted by molar-refractivity contribution is 5.78. The van der Waals surface area contributed by atoms with E-state index in [9.17, 15) is 4.79 Å². The fourth-order valence-corrected chi connectivity index (χ4v) is 3.04. The number of unbranched alkanes of at least 4 members (excludes halogenated alkanes) is 1. The van der Waals surface area contributed by atoms with Crippen molar-refractivity contribution in [1.82, 2.24) is 20.1 Å². The van der Waals surface area contributed by atoms with Crippen LogP contribution < -0.4 is 10.1 Å². The SMILES string of the molecule is CCCCn1nc(Cc2ccccc2OC)nc1[C@@H]1CCC(=O)N1. The van der Waals surface area contributed by atoms with Gasteiger partial charge in [-0.1, -0.05) is 31.5 Å². The van der Waals surface area contributed by atoms with Crippen LogP contribution in [0.25, 0.3) is 0 Å². The lowest BCUT2D eigenvalue weighted by molar-refractivity contribution is -0.119. The minimum absolute atomic E-state index is 0.0201. The minimum Gasteiger partial charge on any atom is -0.496 e. The smallest absolute Gasteiger partial charge is 0.220 e. The first kappa shape index (κ1) is 16.5. The van der Waals surface area contributed by atoms with Gasteiger partial charge in [-0.25, -0.2) is 9.67 Å². The van der Waals surface area contributed by atoms with E-state index in [1.165, 1.54) is 0 Å². The summed E-state index contributed by atoms with van der Waals surface area (Å²) in [6.45, 7) is 2.99. The Labute approximate surface area is 142 Å². The monoisotopic (exact) mass is 328 g/mol. The molecule has 1 aliphatic rings. The van der Waals surface area contributed by atoms with Crippen LogP contribution in [-0.2, 0) is 17.8 Å². The fourth-order valence-electron chi connectivity index (χ4n) is 3.04. The predicted octanol–water partition coefficient (Wildman–Crippen LogP) is 2.63. The Morgan fingerprint density at radius 3 is 2.92 bits per heavy atom. The Morgan fingerprint density at radius 2 is 2.21 bits per heavy atom. The summed E-state index contributed by atoms with van der Waals surface area (Å²) in [4.78, 5) is 16.3. The molecule has 0 radical (unpaired) electrons. The van der Waals surface area contributed by atoms with E-state index in [1.54, 1.807) is 7.11 Å². The number of hydrogen-bond donors (Lipinski definition) is 1. The summed E-state index contributed by atoms with van der Waals surface area (Å²) in [6.07, 6.45) is 4.12. The molecule has 0 spiro atoms. The molecule has 6 heteroatoms. The normalized spacial score (nSPS) is 17.1. The number of benzene rings is 1. The van der Waals surface area contributed by atoms with E-state index in [4.69, 9.17) is 9.72 Å². The first-order chi connectivity index (χ1) is 11.7. The number of methoxy groups -OCH3 is 1. The minimum atomic E-state index is -0.0201. The van der Waals surface area contributed by atoms with Gasteiger partial charge in [-0.2, -0.15) is 5.10 Å². The van der Waals surface area contributed by atoms with Crippen LogP contribution in [0.2, 0.25) is 0 Å². The standard InChI is InChI=1S/C18H24N4O2/c1-3-4-11-22-18(14-9-10-17(23)19-14)20-16(21-22)12-13-7-5-6-8-15(13)24-2/h5-8,14H,3-4,9-12H2,1-2H3,(H,19,23)/t14-/m0/s1. The third-order valence-corrected chi connectivity index (χ3v) is 4.32. The van der Waals surface area contributed by atoms with Crippen LogP contribution in [0.4, 0.5) is 0 Å². The summed E-state index contributed by atoms with van der Waals surface area (Å²) in [6, 6.07) is 7.90. The molecular weight excluding hydrogens is 304 g/mol. The van der Waals surface area contributed by atoms with Crippen molar-refractivity contribution in [1.29, 1.82) is 0 Å². The van der Waals surface area contributed by atoms with E-state index in [1.807, 2.05) is 28.9 Å². The molecule has 128 valence electrons. The molecule has 2 aromatic rings. The van der Waals surface area contributed by atoms with Crippen LogP contribution in [-0.4, -0.2) is 27.8 Å². The third-order valence-electron chi connectivity index (χ3n) is 4.32. The van der Waals surface area contributed by atoms with Gasteiger partial charge in [-0.15, -0.1) is 0 Å². The molecule has 1 aromatic heterocycles. The molecule has 1 atom stereocenters. The maximum absolute atomic E-state index is 11.5. The highest BCUT2D eigenvalue weighted by Gasteiger charge is 2.27. The number of hydrogen-bond acceptors (Lipinski definition) is 4. The van der Waals surface area contributed by atoms with E-state index < -0.39 is 0 Å². The lowest BCUT2D eigenvalue weighted by Gasteiger charge is -2.10. The molecule has 0 unspecified atom stereocenters. The zero-order valence-electron chi connectivity index (χ0n) is 14.3. The van der Waals surface area contributed by atoms with Gasteiger partial charge in [0.15, 0.2) is 5.82 Å². The molecule has 1 saturated heterocycles. The molecule has 1 N–H and O–H groups in total. The van der Waals surface area contributed by atoms with Crippen molar-refractivity contribution in [3.05, 3.63) is 41.5 Å². The first-order valence-electron chi connectivity index (χ1n) is 8.56. The molecule has 1 aromatic carbocycles. The largest absolute Gasteiger partial charge is 0.496 e.